The summed E-state index contributed by atoms with van der Waals surface area (Å²) in [4.78, 5) is 5.05. The molecule has 2 aliphatic rings. The van der Waals surface area contributed by atoms with Crippen molar-refractivity contribution < 1.29 is 0 Å². The van der Waals surface area contributed by atoms with Crippen LogP contribution in [0.2, 0.25) is 0 Å². The van der Waals surface area contributed by atoms with Crippen LogP contribution in [0.25, 0.3) is 0 Å². The average Bonchev–Trinajstić information content (AvgIpc) is 2.40. The van der Waals surface area contributed by atoms with Crippen molar-refractivity contribution in [3.05, 3.63) is 0 Å². The first-order valence-corrected chi connectivity index (χ1v) is 6.93. The van der Waals surface area contributed by atoms with Gasteiger partial charge in [-0.25, -0.2) is 0 Å². The van der Waals surface area contributed by atoms with E-state index in [0.717, 1.165) is 52.4 Å². The standard InChI is InChI=1S/C12H27N5/c1-11(16-7-3-13-4-8-16)15-12(2)17-9-5-14-6-10-17/h11-15H,3-10H2,1-2H3. The Balaban J connectivity index is 1.74. The summed E-state index contributed by atoms with van der Waals surface area (Å²) in [6.07, 6.45) is 0.948. The Morgan fingerprint density at radius 3 is 1.47 bits per heavy atom. The molecule has 2 unspecified atom stereocenters. The van der Waals surface area contributed by atoms with E-state index in [-0.39, 0.29) is 0 Å². The molecule has 5 heteroatoms. The zero-order chi connectivity index (χ0) is 12.1. The Morgan fingerprint density at radius 2 is 1.12 bits per heavy atom. The highest BCUT2D eigenvalue weighted by Gasteiger charge is 2.21. The predicted molar refractivity (Wildman–Crippen MR) is 70.9 cm³/mol. The predicted octanol–water partition coefficient (Wildman–Crippen LogP) is -0.922. The number of hydrogen-bond acceptors (Lipinski definition) is 5. The second-order valence-corrected chi connectivity index (χ2v) is 5.09. The minimum Gasteiger partial charge on any atom is -0.314 e. The second kappa shape index (κ2) is 6.66. The quantitative estimate of drug-likeness (QED) is 0.594. The molecule has 17 heavy (non-hydrogen) atoms. The van der Waals surface area contributed by atoms with Crippen molar-refractivity contribution in [1.82, 2.24) is 25.8 Å². The molecule has 100 valence electrons. The largest absolute Gasteiger partial charge is 0.314 e. The Bertz CT molecular complexity index is 189. The van der Waals surface area contributed by atoms with Crippen LogP contribution in [0.15, 0.2) is 0 Å². The molecule has 2 atom stereocenters. The molecule has 2 rings (SSSR count). The van der Waals surface area contributed by atoms with Crippen LogP contribution in [0.3, 0.4) is 0 Å². The molecule has 0 bridgehead atoms. The molecule has 2 saturated heterocycles. The zero-order valence-corrected chi connectivity index (χ0v) is 11.2. The molecular formula is C12H27N5. The third-order valence-electron chi connectivity index (χ3n) is 3.88. The molecule has 2 aliphatic heterocycles. The van der Waals surface area contributed by atoms with Gasteiger partial charge in [-0.2, -0.15) is 0 Å². The van der Waals surface area contributed by atoms with Gasteiger partial charge in [-0.15, -0.1) is 0 Å². The van der Waals surface area contributed by atoms with Crippen molar-refractivity contribution in [3.8, 4) is 0 Å². The lowest BCUT2D eigenvalue weighted by molar-refractivity contribution is 0.0898. The van der Waals surface area contributed by atoms with Gasteiger partial charge in [-0.05, 0) is 13.8 Å². The number of rotatable bonds is 4. The third kappa shape index (κ3) is 3.89. The van der Waals surface area contributed by atoms with E-state index in [0.29, 0.717) is 12.3 Å². The Kier molecular flexibility index (Phi) is 5.18. The van der Waals surface area contributed by atoms with Gasteiger partial charge in [0.1, 0.15) is 0 Å². The minimum absolute atomic E-state index is 0.474. The first-order chi connectivity index (χ1) is 8.27. The second-order valence-electron chi connectivity index (χ2n) is 5.09. The van der Waals surface area contributed by atoms with Crippen molar-refractivity contribution in [2.75, 3.05) is 52.4 Å². The van der Waals surface area contributed by atoms with Crippen LogP contribution in [-0.2, 0) is 0 Å². The number of piperazine rings is 2. The fraction of sp³-hybridized carbons (Fsp3) is 1.00. The molecule has 3 N–H and O–H groups in total. The molecule has 0 aromatic rings. The summed E-state index contributed by atoms with van der Waals surface area (Å²) in [6, 6.07) is 0. The van der Waals surface area contributed by atoms with E-state index in [4.69, 9.17) is 0 Å². The Labute approximate surface area is 105 Å². The van der Waals surface area contributed by atoms with E-state index >= 15 is 0 Å². The van der Waals surface area contributed by atoms with Gasteiger partial charge in [0.25, 0.3) is 0 Å². The van der Waals surface area contributed by atoms with Crippen molar-refractivity contribution >= 4 is 0 Å². The van der Waals surface area contributed by atoms with Gasteiger partial charge < -0.3 is 10.6 Å². The molecule has 2 heterocycles. The molecule has 0 aliphatic carbocycles. The van der Waals surface area contributed by atoms with E-state index in [2.05, 4.69) is 39.6 Å². The van der Waals surface area contributed by atoms with Gasteiger partial charge in [0.05, 0.1) is 12.3 Å². The number of hydrogen-bond donors (Lipinski definition) is 3. The monoisotopic (exact) mass is 241 g/mol. The molecule has 0 radical (unpaired) electrons. The summed E-state index contributed by atoms with van der Waals surface area (Å²) >= 11 is 0. The van der Waals surface area contributed by atoms with E-state index < -0.39 is 0 Å². The van der Waals surface area contributed by atoms with E-state index in [1.807, 2.05) is 0 Å². The Hall–Kier alpha value is -0.200. The average molecular weight is 241 g/mol. The molecule has 0 spiro atoms. The fourth-order valence-electron chi connectivity index (χ4n) is 2.70. The molecule has 0 aromatic carbocycles. The molecule has 0 aromatic heterocycles. The lowest BCUT2D eigenvalue weighted by Crippen LogP contribution is -2.59. The number of nitrogens with zero attached hydrogens (tertiary/aromatic N) is 2. The van der Waals surface area contributed by atoms with Gasteiger partial charge in [0, 0.05) is 52.4 Å². The van der Waals surface area contributed by atoms with Crippen LogP contribution in [0.4, 0.5) is 0 Å². The van der Waals surface area contributed by atoms with Gasteiger partial charge in [-0.3, -0.25) is 15.1 Å². The maximum atomic E-state index is 3.72. The van der Waals surface area contributed by atoms with Gasteiger partial charge in [0.2, 0.25) is 0 Å². The maximum absolute atomic E-state index is 3.72. The molecule has 0 amide bonds. The van der Waals surface area contributed by atoms with Crippen LogP contribution in [0.5, 0.6) is 0 Å². The fourth-order valence-corrected chi connectivity index (χ4v) is 2.70. The SMILES string of the molecule is CC(NC(C)N1CCNCC1)N1CCNCC1. The topological polar surface area (TPSA) is 42.6 Å². The van der Waals surface area contributed by atoms with E-state index in [1.54, 1.807) is 0 Å². The highest BCUT2D eigenvalue weighted by Crippen LogP contribution is 2.03. The lowest BCUT2D eigenvalue weighted by atomic mass is 10.3. The van der Waals surface area contributed by atoms with Gasteiger partial charge >= 0.3 is 0 Å². The third-order valence-corrected chi connectivity index (χ3v) is 3.88. The zero-order valence-electron chi connectivity index (χ0n) is 11.2. The van der Waals surface area contributed by atoms with Gasteiger partial charge in [-0.1, -0.05) is 0 Å². The van der Waals surface area contributed by atoms with Crippen LogP contribution < -0.4 is 16.0 Å². The first-order valence-electron chi connectivity index (χ1n) is 6.93. The summed E-state index contributed by atoms with van der Waals surface area (Å²) in [5.41, 5.74) is 0. The Morgan fingerprint density at radius 1 is 0.765 bits per heavy atom. The van der Waals surface area contributed by atoms with Crippen molar-refractivity contribution in [2.45, 2.75) is 26.2 Å². The van der Waals surface area contributed by atoms with Crippen LogP contribution >= 0.6 is 0 Å². The number of nitrogens with one attached hydrogen (secondary N) is 3. The van der Waals surface area contributed by atoms with Crippen LogP contribution in [0, 0.1) is 0 Å². The van der Waals surface area contributed by atoms with Crippen molar-refractivity contribution in [3.63, 3.8) is 0 Å². The molecule has 2 fully saturated rings. The van der Waals surface area contributed by atoms with Crippen LogP contribution in [0.1, 0.15) is 13.8 Å². The van der Waals surface area contributed by atoms with Crippen molar-refractivity contribution in [2.24, 2.45) is 0 Å². The lowest BCUT2D eigenvalue weighted by Gasteiger charge is -2.39. The van der Waals surface area contributed by atoms with Crippen LogP contribution in [-0.4, -0.2) is 74.5 Å². The highest BCUT2D eigenvalue weighted by atomic mass is 15.4. The van der Waals surface area contributed by atoms with E-state index in [1.165, 1.54) is 0 Å². The highest BCUT2D eigenvalue weighted by molar-refractivity contribution is 4.77. The molecule has 5 nitrogen and oxygen atoms in total. The summed E-state index contributed by atoms with van der Waals surface area (Å²) in [7, 11) is 0. The normalized spacial score (nSPS) is 27.9. The smallest absolute Gasteiger partial charge is 0.0580 e. The summed E-state index contributed by atoms with van der Waals surface area (Å²) in [6.45, 7) is 13.7. The summed E-state index contributed by atoms with van der Waals surface area (Å²) in [5, 5.41) is 10.5. The summed E-state index contributed by atoms with van der Waals surface area (Å²) in [5.74, 6) is 0. The minimum atomic E-state index is 0.474. The molecular weight excluding hydrogens is 214 g/mol. The van der Waals surface area contributed by atoms with E-state index in [9.17, 15) is 0 Å². The van der Waals surface area contributed by atoms with Crippen molar-refractivity contribution in [1.29, 1.82) is 0 Å². The van der Waals surface area contributed by atoms with Gasteiger partial charge in [0.15, 0.2) is 0 Å². The first kappa shape index (κ1) is 13.2. The molecule has 0 saturated carbocycles. The maximum Gasteiger partial charge on any atom is 0.0580 e. The summed E-state index contributed by atoms with van der Waals surface area (Å²) < 4.78 is 0.